The number of nitriles is 1. The number of fused-ring (bicyclic) bond motifs is 9. The third-order valence-electron chi connectivity index (χ3n) is 11.1. The van der Waals surface area contributed by atoms with Crippen LogP contribution in [0.1, 0.15) is 5.56 Å². The second kappa shape index (κ2) is 11.8. The van der Waals surface area contributed by atoms with E-state index in [9.17, 15) is 5.26 Å². The van der Waals surface area contributed by atoms with Gasteiger partial charge in [0.15, 0.2) is 5.69 Å². The van der Waals surface area contributed by atoms with Crippen molar-refractivity contribution in [2.24, 2.45) is 0 Å². The van der Waals surface area contributed by atoms with Gasteiger partial charge in [-0.1, -0.05) is 115 Å². The molecule has 0 aliphatic carbocycles. The second-order valence-electron chi connectivity index (χ2n) is 13.9. The highest BCUT2D eigenvalue weighted by atomic mass is 15.0. The molecule has 0 fully saturated rings. The van der Waals surface area contributed by atoms with E-state index < -0.39 is 0 Å². The molecule has 0 aliphatic heterocycles. The van der Waals surface area contributed by atoms with Crippen LogP contribution < -0.4 is 0 Å². The Labute approximate surface area is 316 Å². The summed E-state index contributed by atoms with van der Waals surface area (Å²) in [7, 11) is 0. The van der Waals surface area contributed by atoms with Gasteiger partial charge < -0.3 is 13.7 Å². The van der Waals surface area contributed by atoms with Crippen molar-refractivity contribution in [3.63, 3.8) is 0 Å². The Kier molecular flexibility index (Phi) is 6.61. The highest BCUT2D eigenvalue weighted by Gasteiger charge is 2.23. The molecule has 0 aliphatic rings. The summed E-state index contributed by atoms with van der Waals surface area (Å²) in [6.45, 7) is 7.87. The molecule has 8 aromatic carbocycles. The molecule has 0 amide bonds. The summed E-state index contributed by atoms with van der Waals surface area (Å²) in [5.41, 5.74) is 12.3. The summed E-state index contributed by atoms with van der Waals surface area (Å²) in [5.74, 6) is 0. The van der Waals surface area contributed by atoms with Gasteiger partial charge in [-0.05, 0) is 66.0 Å². The maximum Gasteiger partial charge on any atom is 0.188 e. The van der Waals surface area contributed by atoms with Gasteiger partial charge in [0.05, 0.1) is 56.6 Å². The smallest absolute Gasteiger partial charge is 0.188 e. The van der Waals surface area contributed by atoms with Gasteiger partial charge in [0.25, 0.3) is 0 Å². The van der Waals surface area contributed by atoms with E-state index in [0.717, 1.165) is 72.1 Å². The molecule has 11 rings (SSSR count). The third-order valence-corrected chi connectivity index (χ3v) is 11.1. The van der Waals surface area contributed by atoms with E-state index in [1.165, 1.54) is 21.5 Å². The van der Waals surface area contributed by atoms with E-state index in [1.807, 2.05) is 30.3 Å². The van der Waals surface area contributed by atoms with E-state index in [0.29, 0.717) is 11.3 Å². The van der Waals surface area contributed by atoms with Gasteiger partial charge in [0.2, 0.25) is 0 Å². The molecule has 55 heavy (non-hydrogen) atoms. The van der Waals surface area contributed by atoms with Gasteiger partial charge in [0.1, 0.15) is 6.07 Å². The van der Waals surface area contributed by atoms with Crippen LogP contribution in [0.4, 0.5) is 5.69 Å². The monoisotopic (exact) mass is 699 g/mol. The molecule has 0 N–H and O–H groups in total. The Morgan fingerprint density at radius 1 is 0.418 bits per heavy atom. The standard InChI is InChI=1S/C50H29N5/c1-52-33-25-28-48-42(29-33)40-27-26-34(53-43-20-7-2-14-35(43)36-15-3-8-21-44(36)53)30-49(40)55(48)50-32(31-51)13-12-19-41(50)39-18-6-11-24-47(39)54-45-22-9-4-16-37(45)38-17-5-10-23-46(38)54/h2-30H. The van der Waals surface area contributed by atoms with E-state index >= 15 is 0 Å². The lowest BCUT2D eigenvalue weighted by Crippen LogP contribution is -2.04. The summed E-state index contributed by atoms with van der Waals surface area (Å²) >= 11 is 0. The zero-order valence-electron chi connectivity index (χ0n) is 29.5. The van der Waals surface area contributed by atoms with Crippen LogP contribution in [0, 0.1) is 17.9 Å². The van der Waals surface area contributed by atoms with Crippen molar-refractivity contribution in [3.05, 3.63) is 193 Å². The summed E-state index contributed by atoms with van der Waals surface area (Å²) < 4.78 is 6.91. The highest BCUT2D eigenvalue weighted by molar-refractivity contribution is 6.14. The molecule has 11 aromatic rings. The molecule has 0 unspecified atom stereocenters. The Hall–Kier alpha value is -7.86. The lowest BCUT2D eigenvalue weighted by atomic mass is 9.98. The van der Waals surface area contributed by atoms with Crippen molar-refractivity contribution in [3.8, 4) is 34.3 Å². The SMILES string of the molecule is [C-]#[N+]c1ccc2c(c1)c1ccc(-n3c4ccccc4c4ccccc43)cc1n2-c1c(C#N)cccc1-c1ccccc1-n1c2ccccc2c2ccccc21. The number of rotatable bonds is 4. The van der Waals surface area contributed by atoms with Gasteiger partial charge in [0, 0.05) is 43.7 Å². The summed E-state index contributed by atoms with van der Waals surface area (Å²) in [4.78, 5) is 3.81. The molecule has 5 nitrogen and oxygen atoms in total. The summed E-state index contributed by atoms with van der Waals surface area (Å²) in [6, 6.07) is 63.7. The lowest BCUT2D eigenvalue weighted by Gasteiger charge is -2.19. The second-order valence-corrected chi connectivity index (χ2v) is 13.9. The Morgan fingerprint density at radius 3 is 1.56 bits per heavy atom. The summed E-state index contributed by atoms with van der Waals surface area (Å²) in [5, 5.41) is 17.6. The molecule has 0 radical (unpaired) electrons. The van der Waals surface area contributed by atoms with Crippen LogP contribution in [0.25, 0.3) is 98.5 Å². The first kappa shape index (κ1) is 30.7. The molecular weight excluding hydrogens is 671 g/mol. The van der Waals surface area contributed by atoms with E-state index in [-0.39, 0.29) is 0 Å². The normalized spacial score (nSPS) is 11.6. The number of para-hydroxylation sites is 6. The molecule has 3 heterocycles. The van der Waals surface area contributed by atoms with Crippen molar-refractivity contribution in [1.82, 2.24) is 13.7 Å². The van der Waals surface area contributed by atoms with Crippen LogP contribution in [0.15, 0.2) is 176 Å². The molecule has 0 saturated carbocycles. The molecular formula is C50H29N5. The van der Waals surface area contributed by atoms with Gasteiger partial charge in [-0.3, -0.25) is 0 Å². The largest absolute Gasteiger partial charge is 0.309 e. The molecule has 254 valence electrons. The minimum absolute atomic E-state index is 0.560. The predicted molar refractivity (Wildman–Crippen MR) is 226 cm³/mol. The molecule has 0 saturated heterocycles. The lowest BCUT2D eigenvalue weighted by molar-refractivity contribution is 1.14. The quantitative estimate of drug-likeness (QED) is 0.169. The molecule has 0 atom stereocenters. The number of hydrogen-bond donors (Lipinski definition) is 0. The van der Waals surface area contributed by atoms with Gasteiger partial charge in [-0.2, -0.15) is 5.26 Å². The first-order chi connectivity index (χ1) is 27.2. The van der Waals surface area contributed by atoms with Crippen LogP contribution in [0.2, 0.25) is 0 Å². The predicted octanol–water partition coefficient (Wildman–Crippen LogP) is 13.1. The van der Waals surface area contributed by atoms with E-state index in [1.54, 1.807) is 0 Å². The third kappa shape index (κ3) is 4.39. The van der Waals surface area contributed by atoms with Crippen molar-refractivity contribution in [2.75, 3.05) is 0 Å². The maximum atomic E-state index is 10.9. The Balaban J connectivity index is 1.25. The fourth-order valence-corrected chi connectivity index (χ4v) is 8.82. The first-order valence-electron chi connectivity index (χ1n) is 18.3. The van der Waals surface area contributed by atoms with Crippen LogP contribution in [-0.2, 0) is 0 Å². The minimum Gasteiger partial charge on any atom is -0.309 e. The molecule has 0 bridgehead atoms. The maximum absolute atomic E-state index is 10.9. The van der Waals surface area contributed by atoms with E-state index in [4.69, 9.17) is 6.57 Å². The van der Waals surface area contributed by atoms with Crippen molar-refractivity contribution >= 4 is 71.1 Å². The zero-order chi connectivity index (χ0) is 36.6. The first-order valence-corrected chi connectivity index (χ1v) is 18.3. The van der Waals surface area contributed by atoms with Gasteiger partial charge >= 0.3 is 0 Å². The van der Waals surface area contributed by atoms with Crippen LogP contribution in [0.5, 0.6) is 0 Å². The molecule has 5 heteroatoms. The average Bonchev–Trinajstić information content (AvgIpc) is 3.88. The zero-order valence-corrected chi connectivity index (χ0v) is 29.5. The average molecular weight is 700 g/mol. The minimum atomic E-state index is 0.560. The Morgan fingerprint density at radius 2 is 0.945 bits per heavy atom. The van der Waals surface area contributed by atoms with E-state index in [2.05, 4.69) is 170 Å². The Bertz CT molecular complexity index is 3360. The highest BCUT2D eigenvalue weighted by Crippen LogP contribution is 2.43. The van der Waals surface area contributed by atoms with Crippen molar-refractivity contribution in [2.45, 2.75) is 0 Å². The molecule has 0 spiro atoms. The fourth-order valence-electron chi connectivity index (χ4n) is 8.82. The number of nitrogens with zero attached hydrogens (tertiary/aromatic N) is 5. The van der Waals surface area contributed by atoms with Crippen molar-refractivity contribution < 1.29 is 0 Å². The van der Waals surface area contributed by atoms with Crippen LogP contribution in [0.3, 0.4) is 0 Å². The van der Waals surface area contributed by atoms with Crippen LogP contribution in [-0.4, -0.2) is 13.7 Å². The topological polar surface area (TPSA) is 42.9 Å². The van der Waals surface area contributed by atoms with Crippen LogP contribution >= 0.6 is 0 Å². The number of aromatic nitrogens is 3. The summed E-state index contributed by atoms with van der Waals surface area (Å²) in [6.07, 6.45) is 0. The van der Waals surface area contributed by atoms with Gasteiger partial charge in [-0.25, -0.2) is 4.85 Å². The number of hydrogen-bond acceptors (Lipinski definition) is 1. The fraction of sp³-hybridized carbons (Fsp3) is 0. The number of benzene rings is 8. The van der Waals surface area contributed by atoms with Gasteiger partial charge in [-0.15, -0.1) is 0 Å². The van der Waals surface area contributed by atoms with Crippen molar-refractivity contribution in [1.29, 1.82) is 5.26 Å². The molecule has 3 aromatic heterocycles.